The van der Waals surface area contributed by atoms with Crippen LogP contribution in [0.3, 0.4) is 0 Å². The van der Waals surface area contributed by atoms with E-state index < -0.39 is 0 Å². The Bertz CT molecular complexity index is 149. The van der Waals surface area contributed by atoms with Crippen molar-refractivity contribution < 1.29 is 4.74 Å². The van der Waals surface area contributed by atoms with Gasteiger partial charge < -0.3 is 4.74 Å². The van der Waals surface area contributed by atoms with Gasteiger partial charge in [-0.3, -0.25) is 4.99 Å². The summed E-state index contributed by atoms with van der Waals surface area (Å²) in [5.41, 5.74) is 0. The van der Waals surface area contributed by atoms with Gasteiger partial charge in [0.25, 0.3) is 0 Å². The molecule has 0 saturated carbocycles. The van der Waals surface area contributed by atoms with E-state index in [1.54, 1.807) is 11.3 Å². The average Bonchev–Trinajstić information content (AvgIpc) is 2.67. The van der Waals surface area contributed by atoms with Gasteiger partial charge >= 0.3 is 0 Å². The summed E-state index contributed by atoms with van der Waals surface area (Å²) in [6, 6.07) is 4.04. The maximum absolute atomic E-state index is 4.65. The highest BCUT2D eigenvalue weighted by molar-refractivity contribution is 7.07. The number of hydrogen-bond acceptors (Lipinski definition) is 3. The molecule has 1 aliphatic rings. The van der Waals surface area contributed by atoms with Gasteiger partial charge in [0, 0.05) is 0 Å². The van der Waals surface area contributed by atoms with Crippen LogP contribution in [0, 0.1) is 0 Å². The molecular weight excluding hydrogens is 146 g/mol. The Balaban J connectivity index is 0.0000001000. The predicted molar refractivity (Wildman–Crippen MR) is 43.6 cm³/mol. The highest BCUT2D eigenvalue weighted by atomic mass is 32.1. The highest BCUT2D eigenvalue weighted by Crippen LogP contribution is 1.91. The topological polar surface area (TPSA) is 21.6 Å². The van der Waals surface area contributed by atoms with Gasteiger partial charge in [0.1, 0.15) is 6.61 Å². The van der Waals surface area contributed by atoms with Crippen LogP contribution < -0.4 is 0 Å². The summed E-state index contributed by atoms with van der Waals surface area (Å²) in [6.07, 6.45) is 1.49. The van der Waals surface area contributed by atoms with E-state index in [-0.39, 0.29) is 0 Å². The molecule has 0 N–H and O–H groups in total. The van der Waals surface area contributed by atoms with Crippen LogP contribution in [0.4, 0.5) is 0 Å². The third kappa shape index (κ3) is 3.25. The monoisotopic (exact) mass is 155 g/mol. The summed E-state index contributed by atoms with van der Waals surface area (Å²) in [7, 11) is 0. The normalized spacial score (nSPS) is 13.6. The number of aliphatic imine (C=N–C) groups is 1. The van der Waals surface area contributed by atoms with E-state index in [4.69, 9.17) is 0 Å². The van der Waals surface area contributed by atoms with Crippen LogP contribution in [0.1, 0.15) is 0 Å². The molecule has 0 saturated heterocycles. The summed E-state index contributed by atoms with van der Waals surface area (Å²) in [5, 5.41) is 4.08. The number of ether oxygens (including phenoxy) is 1. The molecule has 0 radical (unpaired) electrons. The first kappa shape index (κ1) is 7.28. The fourth-order valence-electron chi connectivity index (χ4n) is 0.490. The lowest BCUT2D eigenvalue weighted by atomic mass is 10.7. The van der Waals surface area contributed by atoms with Crippen LogP contribution in [0.25, 0.3) is 0 Å². The van der Waals surface area contributed by atoms with Gasteiger partial charge in [0.15, 0.2) is 6.40 Å². The Morgan fingerprint density at radius 1 is 1.30 bits per heavy atom. The summed E-state index contributed by atoms with van der Waals surface area (Å²) in [4.78, 5) is 3.74. The molecule has 2 heterocycles. The molecule has 0 spiro atoms. The zero-order valence-corrected chi connectivity index (χ0v) is 6.38. The zero-order chi connectivity index (χ0) is 7.07. The lowest BCUT2D eigenvalue weighted by molar-refractivity contribution is 0.361. The molecule has 54 valence electrons. The van der Waals surface area contributed by atoms with Crippen molar-refractivity contribution in [2.24, 2.45) is 4.99 Å². The van der Waals surface area contributed by atoms with Crippen LogP contribution in [0.15, 0.2) is 27.9 Å². The molecule has 2 nitrogen and oxygen atoms in total. The van der Waals surface area contributed by atoms with E-state index in [0.717, 1.165) is 13.2 Å². The summed E-state index contributed by atoms with van der Waals surface area (Å²) >= 11 is 1.71. The van der Waals surface area contributed by atoms with Crippen LogP contribution in [-0.2, 0) is 4.74 Å². The zero-order valence-electron chi connectivity index (χ0n) is 5.56. The molecule has 2 rings (SSSR count). The minimum atomic E-state index is 0.778. The van der Waals surface area contributed by atoms with E-state index >= 15 is 0 Å². The maximum Gasteiger partial charge on any atom is 0.169 e. The van der Waals surface area contributed by atoms with Crippen molar-refractivity contribution in [2.75, 3.05) is 13.2 Å². The molecule has 3 heteroatoms. The molecule has 1 aliphatic heterocycles. The van der Waals surface area contributed by atoms with Crippen molar-refractivity contribution in [1.29, 1.82) is 0 Å². The third-order valence-electron chi connectivity index (χ3n) is 0.913. The molecule has 1 aromatic heterocycles. The number of hydrogen-bond donors (Lipinski definition) is 0. The molecule has 0 fully saturated rings. The van der Waals surface area contributed by atoms with Crippen LogP contribution in [0.5, 0.6) is 0 Å². The molecule has 0 aromatic carbocycles. The van der Waals surface area contributed by atoms with E-state index in [0.29, 0.717) is 0 Å². The van der Waals surface area contributed by atoms with E-state index in [9.17, 15) is 0 Å². The minimum Gasteiger partial charge on any atom is -0.482 e. The van der Waals surface area contributed by atoms with E-state index in [1.807, 2.05) is 22.9 Å². The van der Waals surface area contributed by atoms with E-state index in [2.05, 4.69) is 9.73 Å². The maximum atomic E-state index is 4.65. The van der Waals surface area contributed by atoms with Gasteiger partial charge in [-0.15, -0.1) is 0 Å². The van der Waals surface area contributed by atoms with Crippen molar-refractivity contribution in [1.82, 2.24) is 0 Å². The summed E-state index contributed by atoms with van der Waals surface area (Å²) in [5.74, 6) is 0. The number of rotatable bonds is 0. The average molecular weight is 155 g/mol. The van der Waals surface area contributed by atoms with Crippen LogP contribution in [0.2, 0.25) is 0 Å². The third-order valence-corrected chi connectivity index (χ3v) is 1.54. The fraction of sp³-hybridized carbons (Fsp3) is 0.286. The molecule has 0 aliphatic carbocycles. The Labute approximate surface area is 64.2 Å². The first-order chi connectivity index (χ1) is 5.00. The van der Waals surface area contributed by atoms with Gasteiger partial charge in [-0.05, 0) is 10.8 Å². The predicted octanol–water partition coefficient (Wildman–Crippen LogP) is 1.79. The van der Waals surface area contributed by atoms with Crippen molar-refractivity contribution in [3.05, 3.63) is 22.9 Å². The van der Waals surface area contributed by atoms with Gasteiger partial charge in [-0.25, -0.2) is 0 Å². The number of thiophene rings is 1. The summed E-state index contributed by atoms with van der Waals surface area (Å²) < 4.78 is 4.65. The van der Waals surface area contributed by atoms with Gasteiger partial charge in [0.2, 0.25) is 0 Å². The molecule has 0 unspecified atom stereocenters. The van der Waals surface area contributed by atoms with Gasteiger partial charge in [-0.2, -0.15) is 11.3 Å². The molecule has 0 bridgehead atoms. The van der Waals surface area contributed by atoms with Crippen LogP contribution in [-0.4, -0.2) is 19.6 Å². The van der Waals surface area contributed by atoms with Gasteiger partial charge in [-0.1, -0.05) is 12.1 Å². The lowest BCUT2D eigenvalue weighted by Gasteiger charge is -1.76. The highest BCUT2D eigenvalue weighted by Gasteiger charge is 1.84. The van der Waals surface area contributed by atoms with Crippen molar-refractivity contribution in [3.8, 4) is 0 Å². The Morgan fingerprint density at radius 2 is 2.10 bits per heavy atom. The quantitative estimate of drug-likeness (QED) is 0.559. The Morgan fingerprint density at radius 3 is 2.30 bits per heavy atom. The second-order valence-corrected chi connectivity index (χ2v) is 2.49. The second-order valence-electron chi connectivity index (χ2n) is 1.68. The van der Waals surface area contributed by atoms with Gasteiger partial charge in [0.05, 0.1) is 6.54 Å². The second kappa shape index (κ2) is 4.99. The van der Waals surface area contributed by atoms with Crippen molar-refractivity contribution >= 4 is 17.7 Å². The van der Waals surface area contributed by atoms with Crippen molar-refractivity contribution in [2.45, 2.75) is 0 Å². The molecule has 10 heavy (non-hydrogen) atoms. The molecule has 0 amide bonds. The lowest BCUT2D eigenvalue weighted by Crippen LogP contribution is -1.80. The smallest absolute Gasteiger partial charge is 0.169 e. The standard InChI is InChI=1S/C4H4S.C3H5NO/c1-2-4-5-3-1;1-2-5-3-4-1/h1-4H;3H,1-2H2. The Kier molecular flexibility index (Phi) is 3.64. The van der Waals surface area contributed by atoms with Crippen molar-refractivity contribution in [3.63, 3.8) is 0 Å². The Hall–Kier alpha value is -0.830. The fourth-order valence-corrected chi connectivity index (χ4v) is 0.944. The first-order valence-electron chi connectivity index (χ1n) is 3.07. The van der Waals surface area contributed by atoms with E-state index in [1.165, 1.54) is 6.40 Å². The summed E-state index contributed by atoms with van der Waals surface area (Å²) in [6.45, 7) is 1.62. The van der Waals surface area contributed by atoms with Crippen LogP contribution >= 0.6 is 11.3 Å². The molecule has 0 atom stereocenters. The first-order valence-corrected chi connectivity index (χ1v) is 4.01. The number of nitrogens with zero attached hydrogens (tertiary/aromatic N) is 1. The molecule has 1 aromatic rings. The largest absolute Gasteiger partial charge is 0.482 e. The molecular formula is C7H9NOS. The SMILES string of the molecule is C1=NCCO1.c1ccsc1. The minimum absolute atomic E-state index is 0.778.